The number of fused-ring (bicyclic) bond motifs is 5. The van der Waals surface area contributed by atoms with Gasteiger partial charge in [0, 0.05) is 25.0 Å². The van der Waals surface area contributed by atoms with E-state index in [1.807, 2.05) is 11.9 Å². The summed E-state index contributed by atoms with van der Waals surface area (Å²) in [5, 5.41) is 3.03. The van der Waals surface area contributed by atoms with Gasteiger partial charge in [-0.25, -0.2) is 0 Å². The average molecular weight is 401 g/mol. The van der Waals surface area contributed by atoms with Gasteiger partial charge in [-0.2, -0.15) is 0 Å². The molecule has 1 heterocycles. The molecule has 0 aromatic rings. The molecule has 0 radical (unpaired) electrons. The molecule has 7 atom stereocenters. The summed E-state index contributed by atoms with van der Waals surface area (Å²) in [5.41, 5.74) is 0.356. The highest BCUT2D eigenvalue weighted by Gasteiger charge is 2.60. The highest BCUT2D eigenvalue weighted by Crippen LogP contribution is 2.65. The number of nitrogens with zero attached hydrogens (tertiary/aromatic N) is 1. The number of carbonyl (C=O) groups excluding carboxylic acids is 3. The summed E-state index contributed by atoms with van der Waals surface area (Å²) in [6.45, 7) is 7.00. The molecule has 4 aliphatic rings. The fraction of sp³-hybridized carbons (Fsp3) is 0.792. The number of Topliss-reactive ketones (excluding diaryl/α,β-unsaturated/α-hetero) is 1. The maximum atomic E-state index is 12.2. The minimum absolute atomic E-state index is 0.00409. The highest BCUT2D eigenvalue weighted by atomic mass is 16.2. The van der Waals surface area contributed by atoms with Gasteiger partial charge in [-0.15, -0.1) is 0 Å². The zero-order valence-corrected chi connectivity index (χ0v) is 18.4. The predicted molar refractivity (Wildman–Crippen MR) is 112 cm³/mol. The molecule has 0 spiro atoms. The molecule has 0 aromatic heterocycles. The van der Waals surface area contributed by atoms with E-state index >= 15 is 0 Å². The van der Waals surface area contributed by atoms with Gasteiger partial charge in [-0.1, -0.05) is 19.9 Å². The molecular weight excluding hydrogens is 364 g/mol. The second kappa shape index (κ2) is 7.24. The van der Waals surface area contributed by atoms with E-state index in [1.54, 1.807) is 6.08 Å². The lowest BCUT2D eigenvalue weighted by Crippen LogP contribution is -2.59. The molecule has 5 heteroatoms. The van der Waals surface area contributed by atoms with Gasteiger partial charge in [0.2, 0.25) is 11.8 Å². The normalized spacial score (nSPS) is 43.4. The quantitative estimate of drug-likeness (QED) is 0.736. The summed E-state index contributed by atoms with van der Waals surface area (Å²) in [5.74, 6) is 2.48. The van der Waals surface area contributed by atoms with Crippen LogP contribution in [0.1, 0.15) is 65.7 Å². The van der Waals surface area contributed by atoms with Crippen molar-refractivity contribution in [2.75, 3.05) is 13.6 Å². The van der Waals surface area contributed by atoms with Gasteiger partial charge in [0.1, 0.15) is 5.78 Å². The van der Waals surface area contributed by atoms with E-state index in [1.165, 1.54) is 39.0 Å². The maximum Gasteiger partial charge on any atom is 0.246 e. The monoisotopic (exact) mass is 400 g/mol. The Bertz CT molecular complexity index is 746. The number of amides is 2. The van der Waals surface area contributed by atoms with Gasteiger partial charge >= 0.3 is 0 Å². The Labute approximate surface area is 174 Å². The molecule has 5 nitrogen and oxygen atoms in total. The first-order valence-corrected chi connectivity index (χ1v) is 11.4. The lowest BCUT2D eigenvalue weighted by molar-refractivity contribution is -0.139. The van der Waals surface area contributed by atoms with Gasteiger partial charge in [-0.3, -0.25) is 14.4 Å². The molecule has 2 amide bonds. The Balaban J connectivity index is 1.49. The largest absolute Gasteiger partial charge is 0.355 e. The van der Waals surface area contributed by atoms with Gasteiger partial charge in [0.15, 0.2) is 0 Å². The van der Waals surface area contributed by atoms with Crippen LogP contribution in [-0.2, 0) is 14.4 Å². The van der Waals surface area contributed by atoms with E-state index in [9.17, 15) is 14.4 Å². The van der Waals surface area contributed by atoms with Crippen LogP contribution >= 0.6 is 0 Å². The summed E-state index contributed by atoms with van der Waals surface area (Å²) >= 11 is 0. The van der Waals surface area contributed by atoms with Crippen LogP contribution in [0.2, 0.25) is 0 Å². The Morgan fingerprint density at radius 1 is 1.14 bits per heavy atom. The van der Waals surface area contributed by atoms with E-state index in [4.69, 9.17) is 0 Å². The third-order valence-corrected chi connectivity index (χ3v) is 9.28. The predicted octanol–water partition coefficient (Wildman–Crippen LogP) is 3.34. The number of hydrogen-bond donors (Lipinski definition) is 1. The van der Waals surface area contributed by atoms with Crippen molar-refractivity contribution in [2.45, 2.75) is 71.8 Å². The first-order chi connectivity index (χ1) is 13.7. The summed E-state index contributed by atoms with van der Waals surface area (Å²) in [6, 6.07) is 0.327. The van der Waals surface area contributed by atoms with Gasteiger partial charge < -0.3 is 10.2 Å². The van der Waals surface area contributed by atoms with Crippen molar-refractivity contribution in [3.63, 3.8) is 0 Å². The van der Waals surface area contributed by atoms with Gasteiger partial charge in [0.25, 0.3) is 0 Å². The molecule has 0 aromatic carbocycles. The molecule has 1 N–H and O–H groups in total. The molecule has 3 fully saturated rings. The lowest BCUT2D eigenvalue weighted by atomic mass is 9.47. The summed E-state index contributed by atoms with van der Waals surface area (Å²) in [6.07, 6.45) is 11.1. The van der Waals surface area contributed by atoms with Crippen molar-refractivity contribution >= 4 is 17.6 Å². The van der Waals surface area contributed by atoms with Crippen molar-refractivity contribution in [2.24, 2.45) is 34.5 Å². The smallest absolute Gasteiger partial charge is 0.246 e. The van der Waals surface area contributed by atoms with Crippen molar-refractivity contribution in [1.82, 2.24) is 10.2 Å². The molecule has 160 valence electrons. The molecule has 29 heavy (non-hydrogen) atoms. The van der Waals surface area contributed by atoms with E-state index in [0.717, 1.165) is 6.42 Å². The van der Waals surface area contributed by atoms with Crippen LogP contribution < -0.4 is 5.32 Å². The number of hydrogen-bond acceptors (Lipinski definition) is 3. The van der Waals surface area contributed by atoms with Crippen molar-refractivity contribution < 1.29 is 14.4 Å². The first kappa shape index (κ1) is 20.6. The third-order valence-electron chi connectivity index (χ3n) is 9.28. The van der Waals surface area contributed by atoms with Crippen molar-refractivity contribution in [3.05, 3.63) is 12.2 Å². The van der Waals surface area contributed by atoms with E-state index in [-0.39, 0.29) is 34.8 Å². The molecule has 1 aliphatic heterocycles. The number of nitrogens with one attached hydrogen (secondary N) is 1. The second-order valence-corrected chi connectivity index (χ2v) is 10.6. The fourth-order valence-electron chi connectivity index (χ4n) is 7.71. The Hall–Kier alpha value is -1.65. The zero-order valence-electron chi connectivity index (χ0n) is 18.4. The Kier molecular flexibility index (Phi) is 5.15. The first-order valence-electron chi connectivity index (χ1n) is 11.4. The van der Waals surface area contributed by atoms with E-state index in [0.29, 0.717) is 36.3 Å². The molecule has 4 rings (SSSR count). The molecule has 0 unspecified atom stereocenters. The third kappa shape index (κ3) is 3.25. The number of carbonyl (C=O) groups is 3. The minimum Gasteiger partial charge on any atom is -0.355 e. The second-order valence-electron chi connectivity index (χ2n) is 10.6. The Morgan fingerprint density at radius 2 is 1.90 bits per heavy atom. The van der Waals surface area contributed by atoms with Crippen LogP contribution in [0.25, 0.3) is 0 Å². The molecular formula is C24H36N2O3. The van der Waals surface area contributed by atoms with Crippen LogP contribution in [-0.4, -0.2) is 42.1 Å². The zero-order chi connectivity index (χ0) is 21.0. The SMILES string of the molecule is CC(=O)CC(=O)NC[C@H]1CC[C@H]2[C@@H]3CC[C@H]4N(C)C(=O)C=C[C@]4(C)[C@H]3CC[C@]12C. The van der Waals surface area contributed by atoms with Crippen molar-refractivity contribution in [3.8, 4) is 0 Å². The van der Waals surface area contributed by atoms with E-state index in [2.05, 4.69) is 25.2 Å². The number of ketones is 1. The van der Waals surface area contributed by atoms with Crippen molar-refractivity contribution in [1.29, 1.82) is 0 Å². The highest BCUT2D eigenvalue weighted by molar-refractivity contribution is 5.96. The maximum absolute atomic E-state index is 12.2. The van der Waals surface area contributed by atoms with Crippen LogP contribution in [0.5, 0.6) is 0 Å². The Morgan fingerprint density at radius 3 is 2.62 bits per heavy atom. The van der Waals surface area contributed by atoms with Crippen LogP contribution in [0, 0.1) is 34.5 Å². The van der Waals surface area contributed by atoms with Gasteiger partial charge in [-0.05, 0) is 80.6 Å². The molecule has 3 aliphatic carbocycles. The van der Waals surface area contributed by atoms with Gasteiger partial charge in [0.05, 0.1) is 6.42 Å². The number of rotatable bonds is 4. The van der Waals surface area contributed by atoms with E-state index < -0.39 is 0 Å². The molecule has 3 saturated carbocycles. The average Bonchev–Trinajstić information content (AvgIpc) is 2.99. The van der Waals surface area contributed by atoms with Crippen LogP contribution in [0.15, 0.2) is 12.2 Å². The molecule has 0 bridgehead atoms. The van der Waals surface area contributed by atoms with Crippen LogP contribution in [0.3, 0.4) is 0 Å². The fourth-order valence-corrected chi connectivity index (χ4v) is 7.71. The summed E-state index contributed by atoms with van der Waals surface area (Å²) < 4.78 is 0. The number of likely N-dealkylation sites (N-methyl/N-ethyl adjacent to an activating group) is 1. The minimum atomic E-state index is -0.133. The summed E-state index contributed by atoms with van der Waals surface area (Å²) in [7, 11) is 1.97. The summed E-state index contributed by atoms with van der Waals surface area (Å²) in [4.78, 5) is 37.4. The molecule has 0 saturated heterocycles. The lowest BCUT2D eigenvalue weighted by Gasteiger charge is -2.60. The topological polar surface area (TPSA) is 66.5 Å². The standard InChI is InChI=1S/C24H36N2O3/c1-15(27)13-21(28)25-14-16-5-7-18-17-6-8-20-24(3,12-10-22(29)26(20)4)19(17)9-11-23(16,18)2/h10,12,16-20H,5-9,11,13-14H2,1-4H3,(H,25,28)/t16-,17+,18+,19+,20-,23-,24-/m1/s1. The van der Waals surface area contributed by atoms with Crippen LogP contribution in [0.4, 0.5) is 0 Å².